The zero-order valence-corrected chi connectivity index (χ0v) is 10.6. The second-order valence-corrected chi connectivity index (χ2v) is 5.17. The van der Waals surface area contributed by atoms with Crippen LogP contribution in [0.1, 0.15) is 50.5 Å². The Bertz CT molecular complexity index is 327. The third kappa shape index (κ3) is 4.39. The van der Waals surface area contributed by atoms with E-state index < -0.39 is 0 Å². The fourth-order valence-corrected chi connectivity index (χ4v) is 2.63. The summed E-state index contributed by atoms with van der Waals surface area (Å²) in [5.74, 6) is 0. The molecular weight excluding hydrogens is 208 g/mol. The van der Waals surface area contributed by atoms with Gasteiger partial charge in [0.25, 0.3) is 0 Å². The molecule has 0 aliphatic heterocycles. The lowest BCUT2D eigenvalue weighted by Crippen LogP contribution is -2.29. The number of nitrogens with one attached hydrogen (secondary N) is 1. The molecule has 0 radical (unpaired) electrons. The molecule has 2 heteroatoms. The first-order valence-corrected chi connectivity index (χ1v) is 6.92. The zero-order chi connectivity index (χ0) is 11.9. The van der Waals surface area contributed by atoms with Crippen LogP contribution in [0.2, 0.25) is 0 Å². The van der Waals surface area contributed by atoms with Gasteiger partial charge in [-0.25, -0.2) is 0 Å². The number of anilines is 1. The van der Waals surface area contributed by atoms with Gasteiger partial charge in [-0.2, -0.15) is 0 Å². The van der Waals surface area contributed by atoms with Crippen LogP contribution in [-0.2, 0) is 6.54 Å². The largest absolute Gasteiger partial charge is 0.399 e. The van der Waals surface area contributed by atoms with Crippen LogP contribution < -0.4 is 11.1 Å². The number of hydrogen-bond donors (Lipinski definition) is 2. The molecular formula is C15H24N2. The summed E-state index contributed by atoms with van der Waals surface area (Å²) >= 11 is 0. The second-order valence-electron chi connectivity index (χ2n) is 5.17. The van der Waals surface area contributed by atoms with Gasteiger partial charge in [-0.3, -0.25) is 0 Å². The normalized spacial score (nSPS) is 18.6. The summed E-state index contributed by atoms with van der Waals surface area (Å²) in [6.07, 6.45) is 9.70. The van der Waals surface area contributed by atoms with Crippen molar-refractivity contribution >= 4 is 5.69 Å². The highest BCUT2D eigenvalue weighted by molar-refractivity contribution is 5.40. The Morgan fingerprint density at radius 2 is 1.76 bits per heavy atom. The van der Waals surface area contributed by atoms with Crippen LogP contribution in [-0.4, -0.2) is 6.04 Å². The Morgan fingerprint density at radius 1 is 1.06 bits per heavy atom. The molecule has 0 amide bonds. The fourth-order valence-electron chi connectivity index (χ4n) is 2.63. The van der Waals surface area contributed by atoms with E-state index in [1.807, 2.05) is 12.1 Å². The molecule has 1 saturated carbocycles. The van der Waals surface area contributed by atoms with Gasteiger partial charge in [0.2, 0.25) is 0 Å². The van der Waals surface area contributed by atoms with Gasteiger partial charge in [0.05, 0.1) is 0 Å². The highest BCUT2D eigenvalue weighted by Gasteiger charge is 2.10. The summed E-state index contributed by atoms with van der Waals surface area (Å²) in [6.45, 7) is 0.954. The minimum absolute atomic E-state index is 0.705. The SMILES string of the molecule is Nc1cccc(CNC2CCCCCCC2)c1. The standard InChI is InChI=1S/C15H24N2/c16-14-8-6-7-13(11-14)12-17-15-9-4-2-1-3-5-10-15/h6-8,11,15,17H,1-5,9-10,12,16H2. The quantitative estimate of drug-likeness (QED) is 0.783. The van der Waals surface area contributed by atoms with Crippen molar-refractivity contribution in [2.45, 2.75) is 57.5 Å². The Kier molecular flexibility index (Phi) is 4.87. The summed E-state index contributed by atoms with van der Waals surface area (Å²) in [4.78, 5) is 0. The van der Waals surface area contributed by atoms with Crippen LogP contribution >= 0.6 is 0 Å². The molecule has 1 aromatic rings. The van der Waals surface area contributed by atoms with Gasteiger partial charge in [-0.1, -0.05) is 44.2 Å². The van der Waals surface area contributed by atoms with Gasteiger partial charge in [-0.15, -0.1) is 0 Å². The zero-order valence-electron chi connectivity index (χ0n) is 10.6. The molecule has 0 saturated heterocycles. The first kappa shape index (κ1) is 12.4. The summed E-state index contributed by atoms with van der Waals surface area (Å²) in [7, 11) is 0. The summed E-state index contributed by atoms with van der Waals surface area (Å²) in [5.41, 5.74) is 7.95. The van der Waals surface area contributed by atoms with Crippen molar-refractivity contribution in [3.63, 3.8) is 0 Å². The molecule has 3 N–H and O–H groups in total. The van der Waals surface area contributed by atoms with Crippen LogP contribution in [0.3, 0.4) is 0 Å². The van der Waals surface area contributed by atoms with Crippen molar-refractivity contribution in [2.24, 2.45) is 0 Å². The van der Waals surface area contributed by atoms with Crippen molar-refractivity contribution in [2.75, 3.05) is 5.73 Å². The second kappa shape index (κ2) is 6.65. The fraction of sp³-hybridized carbons (Fsp3) is 0.600. The van der Waals surface area contributed by atoms with E-state index in [1.54, 1.807) is 0 Å². The summed E-state index contributed by atoms with van der Waals surface area (Å²) in [5, 5.41) is 3.68. The van der Waals surface area contributed by atoms with Gasteiger partial charge in [-0.05, 0) is 30.5 Å². The van der Waals surface area contributed by atoms with E-state index in [0.717, 1.165) is 12.2 Å². The first-order chi connectivity index (χ1) is 8.34. The van der Waals surface area contributed by atoms with Crippen LogP contribution in [0.4, 0.5) is 5.69 Å². The summed E-state index contributed by atoms with van der Waals surface area (Å²) in [6, 6.07) is 8.89. The molecule has 1 aliphatic carbocycles. The molecule has 1 aliphatic rings. The first-order valence-electron chi connectivity index (χ1n) is 6.92. The lowest BCUT2D eigenvalue weighted by atomic mass is 9.96. The summed E-state index contributed by atoms with van der Waals surface area (Å²) < 4.78 is 0. The minimum Gasteiger partial charge on any atom is -0.399 e. The lowest BCUT2D eigenvalue weighted by Gasteiger charge is -2.21. The van der Waals surface area contributed by atoms with E-state index in [1.165, 1.54) is 50.5 Å². The molecule has 0 aromatic heterocycles. The topological polar surface area (TPSA) is 38.0 Å². The van der Waals surface area contributed by atoms with Crippen molar-refractivity contribution in [3.05, 3.63) is 29.8 Å². The van der Waals surface area contributed by atoms with Crippen LogP contribution in [0.15, 0.2) is 24.3 Å². The van der Waals surface area contributed by atoms with Crippen molar-refractivity contribution in [3.8, 4) is 0 Å². The third-order valence-electron chi connectivity index (χ3n) is 3.65. The Hall–Kier alpha value is -1.02. The predicted molar refractivity (Wildman–Crippen MR) is 73.8 cm³/mol. The highest BCUT2D eigenvalue weighted by Crippen LogP contribution is 2.17. The molecule has 2 rings (SSSR count). The number of rotatable bonds is 3. The maximum absolute atomic E-state index is 5.79. The molecule has 94 valence electrons. The Morgan fingerprint density at radius 3 is 2.47 bits per heavy atom. The smallest absolute Gasteiger partial charge is 0.0317 e. The molecule has 0 bridgehead atoms. The predicted octanol–water partition coefficient (Wildman–Crippen LogP) is 3.47. The molecule has 0 heterocycles. The van der Waals surface area contributed by atoms with Gasteiger partial charge in [0, 0.05) is 18.3 Å². The molecule has 17 heavy (non-hydrogen) atoms. The maximum atomic E-state index is 5.79. The molecule has 2 nitrogen and oxygen atoms in total. The number of hydrogen-bond acceptors (Lipinski definition) is 2. The van der Waals surface area contributed by atoms with Crippen LogP contribution in [0.5, 0.6) is 0 Å². The average Bonchev–Trinajstić information content (AvgIpc) is 2.27. The number of nitrogen functional groups attached to an aromatic ring is 1. The van der Waals surface area contributed by atoms with Crippen LogP contribution in [0.25, 0.3) is 0 Å². The van der Waals surface area contributed by atoms with E-state index in [-0.39, 0.29) is 0 Å². The Balaban J connectivity index is 1.79. The van der Waals surface area contributed by atoms with Crippen LogP contribution in [0, 0.1) is 0 Å². The van der Waals surface area contributed by atoms with Gasteiger partial charge in [0.15, 0.2) is 0 Å². The Labute approximate surface area is 105 Å². The van der Waals surface area contributed by atoms with Gasteiger partial charge < -0.3 is 11.1 Å². The number of benzene rings is 1. The number of nitrogens with two attached hydrogens (primary N) is 1. The van der Waals surface area contributed by atoms with Crippen molar-refractivity contribution < 1.29 is 0 Å². The maximum Gasteiger partial charge on any atom is 0.0317 e. The van der Waals surface area contributed by atoms with Crippen molar-refractivity contribution in [1.82, 2.24) is 5.32 Å². The third-order valence-corrected chi connectivity index (χ3v) is 3.65. The van der Waals surface area contributed by atoms with Gasteiger partial charge in [0.1, 0.15) is 0 Å². The van der Waals surface area contributed by atoms with E-state index in [2.05, 4.69) is 17.4 Å². The van der Waals surface area contributed by atoms with E-state index in [9.17, 15) is 0 Å². The van der Waals surface area contributed by atoms with E-state index in [0.29, 0.717) is 6.04 Å². The molecule has 0 spiro atoms. The molecule has 0 unspecified atom stereocenters. The molecule has 1 aromatic carbocycles. The van der Waals surface area contributed by atoms with Crippen molar-refractivity contribution in [1.29, 1.82) is 0 Å². The highest BCUT2D eigenvalue weighted by atomic mass is 14.9. The van der Waals surface area contributed by atoms with E-state index in [4.69, 9.17) is 5.73 Å². The molecule has 1 fully saturated rings. The lowest BCUT2D eigenvalue weighted by molar-refractivity contribution is 0.389. The van der Waals surface area contributed by atoms with Gasteiger partial charge >= 0.3 is 0 Å². The minimum atomic E-state index is 0.705. The monoisotopic (exact) mass is 232 g/mol. The average molecular weight is 232 g/mol. The molecule has 0 atom stereocenters. The van der Waals surface area contributed by atoms with E-state index >= 15 is 0 Å².